The standard InChI is InChI=1S/C7H5F5N2O4S/c1-19(17,18)3-2(5(15)16)13-14-4(3)6(8,9)7(10,11)12/h1H3,(H,13,14)(H,15,16). The van der Waals surface area contributed by atoms with Crippen molar-refractivity contribution in [3.05, 3.63) is 11.4 Å². The summed E-state index contributed by atoms with van der Waals surface area (Å²) in [5.74, 6) is -7.63. The zero-order chi connectivity index (χ0) is 15.2. The van der Waals surface area contributed by atoms with Crippen LogP contribution in [0.4, 0.5) is 22.0 Å². The van der Waals surface area contributed by atoms with Gasteiger partial charge in [0, 0.05) is 6.26 Å². The van der Waals surface area contributed by atoms with Gasteiger partial charge in [-0.3, -0.25) is 5.10 Å². The lowest BCUT2D eigenvalue weighted by Gasteiger charge is -2.18. The molecule has 1 heterocycles. The Labute approximate surface area is 102 Å². The number of rotatable bonds is 3. The highest BCUT2D eigenvalue weighted by Gasteiger charge is 2.62. The molecule has 1 aromatic rings. The topological polar surface area (TPSA) is 100 Å². The van der Waals surface area contributed by atoms with Crippen molar-refractivity contribution >= 4 is 15.8 Å². The van der Waals surface area contributed by atoms with Crippen LogP contribution in [-0.4, -0.2) is 42.1 Å². The van der Waals surface area contributed by atoms with Crippen molar-refractivity contribution in [2.75, 3.05) is 6.26 Å². The fourth-order valence-electron chi connectivity index (χ4n) is 1.19. The summed E-state index contributed by atoms with van der Waals surface area (Å²) in [6.45, 7) is 0. The third-order valence-corrected chi connectivity index (χ3v) is 3.10. The van der Waals surface area contributed by atoms with Gasteiger partial charge in [-0.2, -0.15) is 27.1 Å². The molecule has 0 saturated heterocycles. The quantitative estimate of drug-likeness (QED) is 0.816. The number of hydrogen-bond donors (Lipinski definition) is 2. The van der Waals surface area contributed by atoms with E-state index < -0.39 is 44.2 Å². The van der Waals surface area contributed by atoms with E-state index >= 15 is 0 Å². The van der Waals surface area contributed by atoms with Gasteiger partial charge in [0.05, 0.1) is 0 Å². The predicted octanol–water partition coefficient (Wildman–Crippen LogP) is 1.17. The molecule has 0 atom stereocenters. The largest absolute Gasteiger partial charge is 0.476 e. The van der Waals surface area contributed by atoms with Gasteiger partial charge in [-0.1, -0.05) is 0 Å². The number of carbonyl (C=O) groups is 1. The zero-order valence-corrected chi connectivity index (χ0v) is 9.73. The molecule has 108 valence electrons. The monoisotopic (exact) mass is 308 g/mol. The van der Waals surface area contributed by atoms with Crippen molar-refractivity contribution in [1.29, 1.82) is 0 Å². The fraction of sp³-hybridized carbons (Fsp3) is 0.429. The van der Waals surface area contributed by atoms with Gasteiger partial charge < -0.3 is 5.11 Å². The van der Waals surface area contributed by atoms with E-state index in [0.29, 0.717) is 6.26 Å². The van der Waals surface area contributed by atoms with Gasteiger partial charge in [-0.25, -0.2) is 13.2 Å². The third kappa shape index (κ3) is 2.52. The lowest BCUT2D eigenvalue weighted by Crippen LogP contribution is -2.35. The molecule has 0 aliphatic carbocycles. The summed E-state index contributed by atoms with van der Waals surface area (Å²) < 4.78 is 85.0. The molecule has 0 fully saturated rings. The van der Waals surface area contributed by atoms with Crippen molar-refractivity contribution in [3.8, 4) is 0 Å². The Morgan fingerprint density at radius 3 is 2.05 bits per heavy atom. The van der Waals surface area contributed by atoms with Crippen LogP contribution in [-0.2, 0) is 15.8 Å². The number of hydrogen-bond acceptors (Lipinski definition) is 4. The third-order valence-electron chi connectivity index (χ3n) is 1.97. The molecule has 0 aliphatic rings. The van der Waals surface area contributed by atoms with Crippen LogP contribution >= 0.6 is 0 Å². The molecule has 12 heteroatoms. The second-order valence-electron chi connectivity index (χ2n) is 3.43. The maximum absolute atomic E-state index is 13.1. The lowest BCUT2D eigenvalue weighted by atomic mass is 10.2. The van der Waals surface area contributed by atoms with Gasteiger partial charge in [-0.05, 0) is 0 Å². The highest BCUT2D eigenvalue weighted by molar-refractivity contribution is 7.90. The number of sulfone groups is 1. The normalized spacial score (nSPS) is 13.6. The van der Waals surface area contributed by atoms with Crippen LogP contribution in [0.15, 0.2) is 4.90 Å². The number of halogens is 5. The lowest BCUT2D eigenvalue weighted by molar-refractivity contribution is -0.291. The number of aromatic amines is 1. The van der Waals surface area contributed by atoms with E-state index in [1.807, 2.05) is 0 Å². The smallest absolute Gasteiger partial charge is 0.459 e. The first-order valence-corrected chi connectivity index (χ1v) is 6.16. The Morgan fingerprint density at radius 2 is 1.74 bits per heavy atom. The zero-order valence-electron chi connectivity index (χ0n) is 8.92. The molecular weight excluding hydrogens is 303 g/mol. The maximum atomic E-state index is 13.1. The first-order chi connectivity index (χ1) is 8.30. The molecule has 0 unspecified atom stereocenters. The van der Waals surface area contributed by atoms with Gasteiger partial charge in [-0.15, -0.1) is 0 Å². The van der Waals surface area contributed by atoms with Gasteiger partial charge >= 0.3 is 18.1 Å². The molecule has 0 saturated carbocycles. The summed E-state index contributed by atoms with van der Waals surface area (Å²) in [5.41, 5.74) is -3.55. The Morgan fingerprint density at radius 1 is 1.26 bits per heavy atom. The van der Waals surface area contributed by atoms with Gasteiger partial charge in [0.25, 0.3) is 0 Å². The number of alkyl halides is 5. The molecule has 0 bridgehead atoms. The van der Waals surface area contributed by atoms with Crippen molar-refractivity contribution in [1.82, 2.24) is 10.2 Å². The van der Waals surface area contributed by atoms with Crippen molar-refractivity contribution in [2.45, 2.75) is 17.0 Å². The van der Waals surface area contributed by atoms with E-state index in [1.54, 1.807) is 0 Å². The Hall–Kier alpha value is -1.72. The van der Waals surface area contributed by atoms with Crippen LogP contribution in [0.25, 0.3) is 0 Å². The molecule has 2 N–H and O–H groups in total. The van der Waals surface area contributed by atoms with Crippen LogP contribution in [0.3, 0.4) is 0 Å². The van der Waals surface area contributed by atoms with Crippen LogP contribution in [0.2, 0.25) is 0 Å². The second-order valence-corrected chi connectivity index (χ2v) is 5.38. The van der Waals surface area contributed by atoms with Crippen LogP contribution in [0.5, 0.6) is 0 Å². The first kappa shape index (κ1) is 15.3. The average molecular weight is 308 g/mol. The predicted molar refractivity (Wildman–Crippen MR) is 48.6 cm³/mol. The highest BCUT2D eigenvalue weighted by atomic mass is 32.2. The van der Waals surface area contributed by atoms with E-state index in [2.05, 4.69) is 5.10 Å². The van der Waals surface area contributed by atoms with Crippen molar-refractivity contribution in [3.63, 3.8) is 0 Å². The Balaban J connectivity index is 3.70. The summed E-state index contributed by atoms with van der Waals surface area (Å²) in [5, 5.41) is 12.3. The van der Waals surface area contributed by atoms with E-state index in [0.717, 1.165) is 5.10 Å². The van der Waals surface area contributed by atoms with Crippen molar-refractivity contribution < 1.29 is 40.3 Å². The minimum Gasteiger partial charge on any atom is -0.476 e. The summed E-state index contributed by atoms with van der Waals surface area (Å²) in [6, 6.07) is 0. The van der Waals surface area contributed by atoms with Crippen LogP contribution in [0.1, 0.15) is 16.2 Å². The van der Waals surface area contributed by atoms with Crippen LogP contribution in [0, 0.1) is 0 Å². The molecule has 19 heavy (non-hydrogen) atoms. The minimum atomic E-state index is -6.10. The highest BCUT2D eigenvalue weighted by Crippen LogP contribution is 2.45. The summed E-state index contributed by atoms with van der Waals surface area (Å²) >= 11 is 0. The first-order valence-electron chi connectivity index (χ1n) is 4.27. The molecule has 0 aliphatic heterocycles. The molecule has 0 amide bonds. The Kier molecular flexibility index (Phi) is 3.35. The SMILES string of the molecule is CS(=O)(=O)c1c(C(=O)O)n[nH]c1C(F)(F)C(F)(F)F. The van der Waals surface area contributed by atoms with E-state index in [9.17, 15) is 35.2 Å². The molecule has 0 radical (unpaired) electrons. The van der Waals surface area contributed by atoms with E-state index in [-0.39, 0.29) is 0 Å². The number of aromatic nitrogens is 2. The van der Waals surface area contributed by atoms with Gasteiger partial charge in [0.1, 0.15) is 10.6 Å². The number of nitrogens with one attached hydrogen (secondary N) is 1. The number of carboxylic acids is 1. The van der Waals surface area contributed by atoms with E-state index in [1.165, 1.54) is 0 Å². The van der Waals surface area contributed by atoms with E-state index in [4.69, 9.17) is 5.11 Å². The molecule has 1 aromatic heterocycles. The second kappa shape index (κ2) is 4.15. The van der Waals surface area contributed by atoms with Gasteiger partial charge in [0.15, 0.2) is 15.5 Å². The molecule has 0 aromatic carbocycles. The molecule has 0 spiro atoms. The average Bonchev–Trinajstić information content (AvgIpc) is 2.58. The molecular formula is C7H5F5N2O4S. The van der Waals surface area contributed by atoms with Gasteiger partial charge in [0.2, 0.25) is 0 Å². The number of nitrogens with zero attached hydrogens (tertiary/aromatic N) is 1. The summed E-state index contributed by atoms with van der Waals surface area (Å²) in [6.07, 6.45) is -5.81. The fourth-order valence-corrected chi connectivity index (χ4v) is 2.22. The molecule has 6 nitrogen and oxygen atoms in total. The number of aromatic carboxylic acids is 1. The molecule has 1 rings (SSSR count). The maximum Gasteiger partial charge on any atom is 0.459 e. The summed E-state index contributed by atoms with van der Waals surface area (Å²) in [4.78, 5) is 8.89. The van der Waals surface area contributed by atoms with Crippen molar-refractivity contribution in [2.24, 2.45) is 0 Å². The van der Waals surface area contributed by atoms with Crippen LogP contribution < -0.4 is 0 Å². The number of carboxylic acid groups (broad SMARTS) is 1. The summed E-state index contributed by atoms with van der Waals surface area (Å²) in [7, 11) is -4.66. The minimum absolute atomic E-state index is 0.292. The number of H-pyrrole nitrogens is 1. The Bertz CT molecular complexity index is 618.